The van der Waals surface area contributed by atoms with E-state index in [4.69, 9.17) is 4.74 Å². The van der Waals surface area contributed by atoms with Crippen LogP contribution in [0.15, 0.2) is 24.4 Å². The van der Waals surface area contributed by atoms with E-state index in [9.17, 15) is 9.18 Å². The van der Waals surface area contributed by atoms with Gasteiger partial charge in [-0.05, 0) is 31.5 Å². The summed E-state index contributed by atoms with van der Waals surface area (Å²) in [5, 5.41) is 7.49. The highest BCUT2D eigenvalue weighted by atomic mass is 19.1. The van der Waals surface area contributed by atoms with Crippen LogP contribution in [0.2, 0.25) is 0 Å². The fourth-order valence-electron chi connectivity index (χ4n) is 1.51. The number of halogens is 1. The van der Waals surface area contributed by atoms with Gasteiger partial charge in [0.1, 0.15) is 5.82 Å². The molecular formula is C12H12FN3O2. The topological polar surface area (TPSA) is 57.0 Å². The number of aromatic nitrogens is 3. The fraction of sp³-hybridized carbons (Fsp3) is 0.250. The lowest BCUT2D eigenvalue weighted by atomic mass is 10.2. The van der Waals surface area contributed by atoms with Crippen LogP contribution in [0, 0.1) is 12.7 Å². The molecule has 0 aliphatic rings. The van der Waals surface area contributed by atoms with Crippen molar-refractivity contribution in [2.45, 2.75) is 13.8 Å². The number of rotatable bonds is 3. The smallest absolute Gasteiger partial charge is 0.360 e. The third-order valence-corrected chi connectivity index (χ3v) is 2.40. The summed E-state index contributed by atoms with van der Waals surface area (Å²) < 4.78 is 19.3. The molecule has 1 heterocycles. The van der Waals surface area contributed by atoms with Crippen molar-refractivity contribution in [2.24, 2.45) is 0 Å². The molecule has 0 saturated heterocycles. The average molecular weight is 249 g/mol. The number of hydrogen-bond donors (Lipinski definition) is 0. The minimum atomic E-state index is -0.544. The first-order valence-electron chi connectivity index (χ1n) is 5.48. The van der Waals surface area contributed by atoms with Crippen LogP contribution < -0.4 is 0 Å². The molecule has 0 fully saturated rings. The summed E-state index contributed by atoms with van der Waals surface area (Å²) in [6.45, 7) is 3.80. The van der Waals surface area contributed by atoms with Gasteiger partial charge in [-0.3, -0.25) is 0 Å². The molecular weight excluding hydrogens is 237 g/mol. The van der Waals surface area contributed by atoms with E-state index in [1.165, 1.54) is 23.0 Å². The Bertz CT molecular complexity index is 580. The van der Waals surface area contributed by atoms with Gasteiger partial charge in [0.15, 0.2) is 5.69 Å². The van der Waals surface area contributed by atoms with E-state index >= 15 is 0 Å². The van der Waals surface area contributed by atoms with E-state index in [2.05, 4.69) is 10.3 Å². The van der Waals surface area contributed by atoms with Crippen LogP contribution in [0.3, 0.4) is 0 Å². The zero-order valence-electron chi connectivity index (χ0n) is 10.1. The molecule has 0 amide bonds. The van der Waals surface area contributed by atoms with E-state index in [-0.39, 0.29) is 18.1 Å². The van der Waals surface area contributed by atoms with Gasteiger partial charge in [0.25, 0.3) is 0 Å². The van der Waals surface area contributed by atoms with Gasteiger partial charge in [0, 0.05) is 0 Å². The largest absolute Gasteiger partial charge is 0.461 e. The molecule has 0 aliphatic carbocycles. The molecule has 0 atom stereocenters. The molecule has 0 radical (unpaired) electrons. The number of nitrogens with zero attached hydrogens (tertiary/aromatic N) is 3. The summed E-state index contributed by atoms with van der Waals surface area (Å²) in [7, 11) is 0. The number of hydrogen-bond acceptors (Lipinski definition) is 4. The molecule has 0 bridgehead atoms. The molecule has 0 aliphatic heterocycles. The molecule has 1 aromatic heterocycles. The van der Waals surface area contributed by atoms with Crippen LogP contribution in [0.25, 0.3) is 5.69 Å². The Morgan fingerprint density at radius 1 is 1.50 bits per heavy atom. The van der Waals surface area contributed by atoms with Gasteiger partial charge in [-0.15, -0.1) is 5.10 Å². The van der Waals surface area contributed by atoms with Crippen LogP contribution >= 0.6 is 0 Å². The lowest BCUT2D eigenvalue weighted by Crippen LogP contribution is -2.04. The van der Waals surface area contributed by atoms with Crippen LogP contribution in [-0.4, -0.2) is 27.6 Å². The molecule has 2 rings (SSSR count). The van der Waals surface area contributed by atoms with Crippen LogP contribution in [-0.2, 0) is 4.74 Å². The lowest BCUT2D eigenvalue weighted by Gasteiger charge is -2.04. The van der Waals surface area contributed by atoms with Gasteiger partial charge in [0.2, 0.25) is 0 Å². The third kappa shape index (κ3) is 2.37. The number of benzene rings is 1. The Hall–Kier alpha value is -2.24. The van der Waals surface area contributed by atoms with Crippen molar-refractivity contribution in [3.05, 3.63) is 41.5 Å². The Morgan fingerprint density at radius 3 is 3.00 bits per heavy atom. The second kappa shape index (κ2) is 4.95. The summed E-state index contributed by atoms with van der Waals surface area (Å²) in [6, 6.07) is 4.33. The van der Waals surface area contributed by atoms with Crippen molar-refractivity contribution < 1.29 is 13.9 Å². The summed E-state index contributed by atoms with van der Waals surface area (Å²) in [5.41, 5.74) is 1.47. The highest BCUT2D eigenvalue weighted by molar-refractivity contribution is 5.86. The summed E-state index contributed by atoms with van der Waals surface area (Å²) >= 11 is 0. The van der Waals surface area contributed by atoms with Crippen molar-refractivity contribution >= 4 is 5.97 Å². The third-order valence-electron chi connectivity index (χ3n) is 2.40. The van der Waals surface area contributed by atoms with Gasteiger partial charge in [-0.1, -0.05) is 11.3 Å². The van der Waals surface area contributed by atoms with Gasteiger partial charge in [-0.25, -0.2) is 13.9 Å². The lowest BCUT2D eigenvalue weighted by molar-refractivity contribution is 0.0519. The Morgan fingerprint density at radius 2 is 2.28 bits per heavy atom. The first kappa shape index (κ1) is 12.2. The van der Waals surface area contributed by atoms with E-state index in [0.717, 1.165) is 5.56 Å². The van der Waals surface area contributed by atoms with E-state index in [0.29, 0.717) is 5.69 Å². The first-order valence-corrected chi connectivity index (χ1v) is 5.48. The van der Waals surface area contributed by atoms with E-state index in [1.807, 2.05) is 6.92 Å². The monoisotopic (exact) mass is 249 g/mol. The van der Waals surface area contributed by atoms with Crippen LogP contribution in [0.5, 0.6) is 0 Å². The highest BCUT2D eigenvalue weighted by Gasteiger charge is 2.13. The minimum absolute atomic E-state index is 0.0977. The maximum atomic E-state index is 13.2. The summed E-state index contributed by atoms with van der Waals surface area (Å²) in [5.74, 6) is -0.915. The predicted octanol–water partition coefficient (Wildman–Crippen LogP) is 1.89. The average Bonchev–Trinajstić information content (AvgIpc) is 2.82. The number of aryl methyl sites for hydroxylation is 1. The molecule has 6 heteroatoms. The SMILES string of the molecule is CCOC(=O)c1cn(-c2cc(F)ccc2C)nn1. The molecule has 5 nitrogen and oxygen atoms in total. The molecule has 18 heavy (non-hydrogen) atoms. The molecule has 0 N–H and O–H groups in total. The number of carbonyl (C=O) groups excluding carboxylic acids is 1. The molecule has 0 spiro atoms. The molecule has 0 saturated carbocycles. The first-order chi connectivity index (χ1) is 8.61. The van der Waals surface area contributed by atoms with Gasteiger partial charge in [0.05, 0.1) is 18.5 Å². The van der Waals surface area contributed by atoms with Crippen molar-refractivity contribution in [2.75, 3.05) is 6.61 Å². The van der Waals surface area contributed by atoms with Crippen LogP contribution in [0.1, 0.15) is 23.0 Å². The van der Waals surface area contributed by atoms with Crippen molar-refractivity contribution in [3.8, 4) is 5.69 Å². The predicted molar refractivity (Wildman–Crippen MR) is 62.0 cm³/mol. The Balaban J connectivity index is 2.35. The highest BCUT2D eigenvalue weighted by Crippen LogP contribution is 2.14. The maximum Gasteiger partial charge on any atom is 0.360 e. The van der Waals surface area contributed by atoms with E-state index in [1.54, 1.807) is 13.0 Å². The quantitative estimate of drug-likeness (QED) is 0.779. The number of esters is 1. The van der Waals surface area contributed by atoms with Crippen molar-refractivity contribution in [3.63, 3.8) is 0 Å². The standard InChI is InChI=1S/C12H12FN3O2/c1-3-18-12(17)10-7-16(15-14-10)11-6-9(13)5-4-8(11)2/h4-7H,3H2,1-2H3. The fourth-order valence-corrected chi connectivity index (χ4v) is 1.51. The minimum Gasteiger partial charge on any atom is -0.461 e. The zero-order chi connectivity index (χ0) is 13.1. The number of carbonyl (C=O) groups is 1. The Kier molecular flexibility index (Phi) is 3.36. The van der Waals surface area contributed by atoms with Gasteiger partial charge >= 0.3 is 5.97 Å². The summed E-state index contributed by atoms with van der Waals surface area (Å²) in [6.07, 6.45) is 1.42. The second-order valence-electron chi connectivity index (χ2n) is 3.70. The second-order valence-corrected chi connectivity index (χ2v) is 3.70. The van der Waals surface area contributed by atoms with Crippen molar-refractivity contribution in [1.82, 2.24) is 15.0 Å². The Labute approximate surface area is 103 Å². The van der Waals surface area contributed by atoms with Crippen molar-refractivity contribution in [1.29, 1.82) is 0 Å². The van der Waals surface area contributed by atoms with Gasteiger partial charge in [-0.2, -0.15) is 0 Å². The van der Waals surface area contributed by atoms with E-state index < -0.39 is 5.97 Å². The number of ether oxygens (including phenoxy) is 1. The molecule has 2 aromatic rings. The normalized spacial score (nSPS) is 10.4. The van der Waals surface area contributed by atoms with Crippen LogP contribution in [0.4, 0.5) is 4.39 Å². The summed E-state index contributed by atoms with van der Waals surface area (Å²) in [4.78, 5) is 11.4. The maximum absolute atomic E-state index is 13.2. The molecule has 94 valence electrons. The van der Waals surface area contributed by atoms with Gasteiger partial charge < -0.3 is 4.74 Å². The zero-order valence-corrected chi connectivity index (χ0v) is 10.1. The molecule has 1 aromatic carbocycles. The molecule has 0 unspecified atom stereocenters.